The first-order chi connectivity index (χ1) is 15.6. The Morgan fingerprint density at radius 1 is 1.12 bits per heavy atom. The smallest absolute Gasteiger partial charge is 0.229 e. The van der Waals surface area contributed by atoms with E-state index in [2.05, 4.69) is 20.9 Å². The Labute approximate surface area is 189 Å². The second-order valence-electron chi connectivity index (χ2n) is 9.32. The van der Waals surface area contributed by atoms with Gasteiger partial charge in [-0.1, -0.05) is 12.1 Å². The number of oxazole rings is 1. The number of hydrogen-bond donors (Lipinski definition) is 0. The van der Waals surface area contributed by atoms with Gasteiger partial charge >= 0.3 is 0 Å². The van der Waals surface area contributed by atoms with Crippen molar-refractivity contribution in [2.45, 2.75) is 64.0 Å². The van der Waals surface area contributed by atoms with Gasteiger partial charge in [0.1, 0.15) is 0 Å². The lowest BCUT2D eigenvalue weighted by atomic mass is 9.87. The van der Waals surface area contributed by atoms with Crippen molar-refractivity contribution in [2.75, 3.05) is 13.7 Å². The molecule has 2 aliphatic rings. The molecule has 0 radical (unpaired) electrons. The first kappa shape index (κ1) is 21.1. The zero-order valence-corrected chi connectivity index (χ0v) is 18.9. The number of hydrogen-bond acceptors (Lipinski definition) is 5. The highest BCUT2D eigenvalue weighted by Crippen LogP contribution is 2.40. The lowest BCUT2D eigenvalue weighted by Gasteiger charge is -2.39. The van der Waals surface area contributed by atoms with Gasteiger partial charge in [-0.3, -0.25) is 9.78 Å². The van der Waals surface area contributed by atoms with Gasteiger partial charge in [0.25, 0.3) is 0 Å². The normalized spacial score (nSPS) is 22.6. The van der Waals surface area contributed by atoms with Crippen LogP contribution in [0.2, 0.25) is 0 Å². The van der Waals surface area contributed by atoms with E-state index < -0.39 is 0 Å². The van der Waals surface area contributed by atoms with Gasteiger partial charge in [0.15, 0.2) is 11.7 Å². The van der Waals surface area contributed by atoms with Gasteiger partial charge in [0, 0.05) is 49.9 Å². The summed E-state index contributed by atoms with van der Waals surface area (Å²) in [5.41, 5.74) is 1.81. The molecule has 1 unspecified atom stereocenters. The average Bonchev–Trinajstić information content (AvgIpc) is 3.34. The zero-order valence-electron chi connectivity index (χ0n) is 18.9. The molecular formula is C26H31N3O3. The number of aryl methyl sites for hydroxylation is 1. The van der Waals surface area contributed by atoms with Crippen molar-refractivity contribution in [2.24, 2.45) is 5.92 Å². The van der Waals surface area contributed by atoms with Gasteiger partial charge in [-0.15, -0.1) is 0 Å². The van der Waals surface area contributed by atoms with E-state index in [9.17, 15) is 4.79 Å². The first-order valence-electron chi connectivity index (χ1n) is 11.7. The number of methoxy groups -OCH3 is 1. The molecule has 0 N–H and O–H groups in total. The van der Waals surface area contributed by atoms with Crippen molar-refractivity contribution in [3.63, 3.8) is 0 Å². The van der Waals surface area contributed by atoms with Crippen molar-refractivity contribution >= 4 is 16.7 Å². The highest BCUT2D eigenvalue weighted by atomic mass is 16.5. The quantitative estimate of drug-likeness (QED) is 0.494. The summed E-state index contributed by atoms with van der Waals surface area (Å²) in [6.45, 7) is 2.67. The van der Waals surface area contributed by atoms with E-state index in [1.807, 2.05) is 31.3 Å². The van der Waals surface area contributed by atoms with Crippen molar-refractivity contribution in [3.05, 3.63) is 48.2 Å². The van der Waals surface area contributed by atoms with E-state index in [-0.39, 0.29) is 5.91 Å². The molecule has 6 heteroatoms. The molecular weight excluding hydrogens is 402 g/mol. The molecule has 2 aromatic heterocycles. The summed E-state index contributed by atoms with van der Waals surface area (Å²) in [5.74, 6) is 2.35. The number of rotatable bonds is 7. The van der Waals surface area contributed by atoms with Crippen LogP contribution in [0.4, 0.5) is 0 Å². The van der Waals surface area contributed by atoms with Crippen molar-refractivity contribution in [1.82, 2.24) is 14.9 Å². The fourth-order valence-corrected chi connectivity index (χ4v) is 5.63. The number of fused-ring (bicyclic) bond motifs is 3. The summed E-state index contributed by atoms with van der Waals surface area (Å²) in [5, 5.41) is 2.12. The Kier molecular flexibility index (Phi) is 5.96. The second-order valence-corrected chi connectivity index (χ2v) is 9.32. The number of pyridine rings is 1. The van der Waals surface area contributed by atoms with E-state index >= 15 is 0 Å². The summed E-state index contributed by atoms with van der Waals surface area (Å²) in [4.78, 5) is 24.2. The van der Waals surface area contributed by atoms with Crippen LogP contribution in [0.15, 0.2) is 41.1 Å². The lowest BCUT2D eigenvalue weighted by molar-refractivity contribution is -0.135. The van der Waals surface area contributed by atoms with Gasteiger partial charge in [-0.05, 0) is 62.0 Å². The molecule has 32 heavy (non-hydrogen) atoms. The van der Waals surface area contributed by atoms with Gasteiger partial charge in [0.2, 0.25) is 5.91 Å². The summed E-state index contributed by atoms with van der Waals surface area (Å²) in [6.07, 6.45) is 10.9. The number of carbonyl (C=O) groups is 1. The maximum absolute atomic E-state index is 13.3. The van der Waals surface area contributed by atoms with Crippen LogP contribution in [0, 0.1) is 12.8 Å². The molecule has 168 valence electrons. The Hall–Kier alpha value is -2.73. The van der Waals surface area contributed by atoms with Gasteiger partial charge in [-0.2, -0.15) is 0 Å². The number of benzene rings is 1. The minimum atomic E-state index is 0.224. The highest BCUT2D eigenvalue weighted by Gasteiger charge is 2.42. The minimum Gasteiger partial charge on any atom is -0.441 e. The Bertz CT molecular complexity index is 1090. The van der Waals surface area contributed by atoms with Crippen LogP contribution in [0.5, 0.6) is 0 Å². The molecule has 2 saturated heterocycles. The van der Waals surface area contributed by atoms with Gasteiger partial charge < -0.3 is 14.1 Å². The molecule has 3 aromatic rings. The maximum atomic E-state index is 13.3. The summed E-state index contributed by atoms with van der Waals surface area (Å²) in [7, 11) is 1.77. The van der Waals surface area contributed by atoms with E-state index in [1.165, 1.54) is 6.42 Å². The van der Waals surface area contributed by atoms with Crippen LogP contribution in [0.3, 0.4) is 0 Å². The molecule has 2 bridgehead atoms. The Balaban J connectivity index is 1.28. The molecule has 0 saturated carbocycles. The number of amides is 1. The molecule has 4 heterocycles. The van der Waals surface area contributed by atoms with E-state index in [1.54, 1.807) is 13.3 Å². The van der Waals surface area contributed by atoms with E-state index in [0.29, 0.717) is 24.4 Å². The fourth-order valence-electron chi connectivity index (χ4n) is 5.63. The second kappa shape index (κ2) is 9.02. The van der Waals surface area contributed by atoms with E-state index in [4.69, 9.17) is 9.15 Å². The molecule has 3 atom stereocenters. The molecule has 5 rings (SSSR count). The molecule has 2 aliphatic heterocycles. The molecule has 6 nitrogen and oxygen atoms in total. The van der Waals surface area contributed by atoms with E-state index in [0.717, 1.165) is 72.4 Å². The van der Waals surface area contributed by atoms with Crippen molar-refractivity contribution in [1.29, 1.82) is 0 Å². The standard InChI is InChI=1S/C26H31N3O3/c1-17-27-16-25(32-17)19-5-6-20-15-28-22(13-21(20)12-19)14-26(30)29-23-7-8-24(29)11-18(10-23)4-3-9-31-2/h5-6,12-13,15-16,18,23-24H,3-4,7-11,14H2,1-2H3/t18?,23-,24+. The van der Waals surface area contributed by atoms with Crippen LogP contribution >= 0.6 is 0 Å². The van der Waals surface area contributed by atoms with Crippen LogP contribution in [-0.2, 0) is 16.0 Å². The molecule has 0 aliphatic carbocycles. The van der Waals surface area contributed by atoms with Gasteiger partial charge in [0.05, 0.1) is 18.3 Å². The molecule has 1 aromatic carbocycles. The van der Waals surface area contributed by atoms with Crippen molar-refractivity contribution < 1.29 is 13.9 Å². The van der Waals surface area contributed by atoms with Crippen LogP contribution < -0.4 is 0 Å². The third kappa shape index (κ3) is 4.29. The summed E-state index contributed by atoms with van der Waals surface area (Å²) in [6, 6.07) is 8.98. The number of ether oxygens (including phenoxy) is 1. The molecule has 0 spiro atoms. The third-order valence-electron chi connectivity index (χ3n) is 7.10. The number of piperidine rings is 1. The fraction of sp³-hybridized carbons (Fsp3) is 0.500. The Morgan fingerprint density at radius 3 is 2.66 bits per heavy atom. The highest BCUT2D eigenvalue weighted by molar-refractivity contribution is 5.87. The first-order valence-corrected chi connectivity index (χ1v) is 11.7. The SMILES string of the molecule is COCCCC1C[C@H]2CC[C@@H](C1)N2C(=O)Cc1cc2cc(-c3cnc(C)o3)ccc2cn1. The third-order valence-corrected chi connectivity index (χ3v) is 7.10. The van der Waals surface area contributed by atoms with Crippen LogP contribution in [0.1, 0.15) is 50.1 Å². The predicted molar refractivity (Wildman–Crippen MR) is 123 cm³/mol. The number of carbonyl (C=O) groups excluding carboxylic acids is 1. The lowest BCUT2D eigenvalue weighted by Crippen LogP contribution is -2.47. The Morgan fingerprint density at radius 2 is 1.94 bits per heavy atom. The topological polar surface area (TPSA) is 68.5 Å². The monoisotopic (exact) mass is 433 g/mol. The summed E-state index contributed by atoms with van der Waals surface area (Å²) < 4.78 is 10.9. The summed E-state index contributed by atoms with van der Waals surface area (Å²) >= 11 is 0. The largest absolute Gasteiger partial charge is 0.441 e. The minimum absolute atomic E-state index is 0.224. The number of aromatic nitrogens is 2. The number of nitrogens with zero attached hydrogens (tertiary/aromatic N) is 3. The average molecular weight is 434 g/mol. The maximum Gasteiger partial charge on any atom is 0.229 e. The predicted octanol–water partition coefficient (Wildman–Crippen LogP) is 4.94. The van der Waals surface area contributed by atoms with Gasteiger partial charge in [-0.25, -0.2) is 4.98 Å². The molecule has 1 amide bonds. The van der Waals surface area contributed by atoms with Crippen LogP contribution in [-0.4, -0.2) is 46.6 Å². The zero-order chi connectivity index (χ0) is 22.1. The van der Waals surface area contributed by atoms with Crippen molar-refractivity contribution in [3.8, 4) is 11.3 Å². The van der Waals surface area contributed by atoms with Crippen LogP contribution in [0.25, 0.3) is 22.1 Å². The molecule has 2 fully saturated rings.